The lowest BCUT2D eigenvalue weighted by Crippen LogP contribution is -2.35. The molecule has 0 fully saturated rings. The van der Waals surface area contributed by atoms with E-state index < -0.39 is 0 Å². The van der Waals surface area contributed by atoms with Gasteiger partial charge in [0.1, 0.15) is 0 Å². The zero-order chi connectivity index (χ0) is 13.8. The molecule has 2 N–H and O–H groups in total. The highest BCUT2D eigenvalue weighted by molar-refractivity contribution is 5.73. The second-order valence-corrected chi connectivity index (χ2v) is 4.45. The normalized spacial score (nSPS) is 10.6. The molecule has 0 radical (unpaired) electrons. The number of likely N-dealkylation sites (N-methyl/N-ethyl adjacent to an activating group) is 2. The minimum atomic E-state index is -0.206. The van der Waals surface area contributed by atoms with Crippen LogP contribution in [0.4, 0.5) is 0 Å². The highest BCUT2D eigenvalue weighted by Crippen LogP contribution is 1.96. The fourth-order valence-corrected chi connectivity index (χ4v) is 1.22. The highest BCUT2D eigenvalue weighted by Gasteiger charge is 2.05. The minimum absolute atomic E-state index is 0.206. The zero-order valence-corrected chi connectivity index (χ0v) is 12.5. The second kappa shape index (κ2) is 11.9. The summed E-state index contributed by atoms with van der Waals surface area (Å²) in [4.78, 5) is 15.1. The predicted octanol–water partition coefficient (Wildman–Crippen LogP) is 1.55. The molecule has 0 aliphatic carbocycles. The van der Waals surface area contributed by atoms with Gasteiger partial charge < -0.3 is 15.5 Å². The van der Waals surface area contributed by atoms with E-state index in [1.54, 1.807) is 0 Å². The highest BCUT2D eigenvalue weighted by atomic mass is 16.1. The number of nitrogens with zero attached hydrogens (tertiary/aromatic N) is 2. The molecule has 104 valence electrons. The van der Waals surface area contributed by atoms with Crippen LogP contribution in [0.5, 0.6) is 0 Å². The number of nitrogens with two attached hydrogens (primary N) is 1. The summed E-state index contributed by atoms with van der Waals surface area (Å²) in [6, 6.07) is 0.587. The maximum absolute atomic E-state index is 10.5. The van der Waals surface area contributed by atoms with Crippen LogP contribution in [-0.2, 0) is 4.79 Å². The summed E-state index contributed by atoms with van der Waals surface area (Å²) in [7, 11) is 4.21. The van der Waals surface area contributed by atoms with Crippen LogP contribution in [0.1, 0.15) is 40.5 Å². The average Bonchev–Trinajstić information content (AvgIpc) is 2.28. The van der Waals surface area contributed by atoms with Crippen LogP contribution in [0.25, 0.3) is 0 Å². The minimum Gasteiger partial charge on any atom is -0.370 e. The maximum Gasteiger partial charge on any atom is 0.217 e. The maximum atomic E-state index is 10.5. The van der Waals surface area contributed by atoms with Crippen LogP contribution in [0.2, 0.25) is 0 Å². The molecule has 0 atom stereocenters. The number of carbonyl (C=O) groups is 1. The van der Waals surface area contributed by atoms with E-state index in [2.05, 4.69) is 37.7 Å². The first-order chi connectivity index (χ1) is 7.93. The topological polar surface area (TPSA) is 49.6 Å². The van der Waals surface area contributed by atoms with Gasteiger partial charge in [0.2, 0.25) is 5.91 Å². The lowest BCUT2D eigenvalue weighted by molar-refractivity contribution is -0.118. The first-order valence-electron chi connectivity index (χ1n) is 6.60. The molecule has 4 nitrogen and oxygen atoms in total. The third kappa shape index (κ3) is 13.3. The van der Waals surface area contributed by atoms with Crippen molar-refractivity contribution in [1.82, 2.24) is 9.80 Å². The van der Waals surface area contributed by atoms with Crippen molar-refractivity contribution in [3.63, 3.8) is 0 Å². The van der Waals surface area contributed by atoms with Gasteiger partial charge in [-0.1, -0.05) is 13.8 Å². The van der Waals surface area contributed by atoms with Gasteiger partial charge in [-0.3, -0.25) is 4.79 Å². The fraction of sp³-hybridized carbons (Fsp3) is 0.923. The molecule has 0 aromatic heterocycles. The number of amides is 1. The SMILES string of the molecule is CC.CC(C)N(C)CCN(C)CCCC(N)=O. The van der Waals surface area contributed by atoms with Gasteiger partial charge in [-0.15, -0.1) is 0 Å². The van der Waals surface area contributed by atoms with Gasteiger partial charge in [-0.2, -0.15) is 0 Å². The van der Waals surface area contributed by atoms with E-state index in [1.165, 1.54) is 0 Å². The third-order valence-corrected chi connectivity index (χ3v) is 2.68. The van der Waals surface area contributed by atoms with Gasteiger partial charge in [0, 0.05) is 25.6 Å². The Morgan fingerprint density at radius 3 is 2.06 bits per heavy atom. The molecule has 0 saturated carbocycles. The van der Waals surface area contributed by atoms with E-state index in [1.807, 2.05) is 13.8 Å². The summed E-state index contributed by atoms with van der Waals surface area (Å²) in [6.07, 6.45) is 1.35. The molecular formula is C13H31N3O. The number of hydrogen-bond acceptors (Lipinski definition) is 3. The van der Waals surface area contributed by atoms with Crippen LogP contribution in [0.3, 0.4) is 0 Å². The predicted molar refractivity (Wildman–Crippen MR) is 75.0 cm³/mol. The Morgan fingerprint density at radius 2 is 1.65 bits per heavy atom. The van der Waals surface area contributed by atoms with Gasteiger partial charge in [0.15, 0.2) is 0 Å². The molecule has 0 aromatic carbocycles. The summed E-state index contributed by atoms with van der Waals surface area (Å²) >= 11 is 0. The van der Waals surface area contributed by atoms with E-state index in [0.29, 0.717) is 12.5 Å². The van der Waals surface area contributed by atoms with Crippen molar-refractivity contribution in [3.8, 4) is 0 Å². The monoisotopic (exact) mass is 245 g/mol. The summed E-state index contributed by atoms with van der Waals surface area (Å²) < 4.78 is 0. The third-order valence-electron chi connectivity index (χ3n) is 2.68. The van der Waals surface area contributed by atoms with Crippen molar-refractivity contribution in [2.24, 2.45) is 5.73 Å². The Bertz CT molecular complexity index is 184. The Hall–Kier alpha value is -0.610. The molecule has 1 amide bonds. The Labute approximate surface area is 107 Å². The first kappa shape index (κ1) is 18.7. The van der Waals surface area contributed by atoms with Gasteiger partial charge in [-0.25, -0.2) is 0 Å². The van der Waals surface area contributed by atoms with Crippen molar-refractivity contribution in [2.45, 2.75) is 46.6 Å². The molecule has 0 rings (SSSR count). The molecule has 0 aromatic rings. The summed E-state index contributed by atoms with van der Waals surface area (Å²) in [5.74, 6) is -0.206. The van der Waals surface area contributed by atoms with Crippen LogP contribution in [0.15, 0.2) is 0 Å². The number of rotatable bonds is 8. The van der Waals surface area contributed by atoms with E-state index in [9.17, 15) is 4.79 Å². The summed E-state index contributed by atoms with van der Waals surface area (Å²) in [5.41, 5.74) is 5.07. The van der Waals surface area contributed by atoms with Crippen molar-refractivity contribution >= 4 is 5.91 Å². The molecule has 17 heavy (non-hydrogen) atoms. The van der Waals surface area contributed by atoms with E-state index >= 15 is 0 Å². The van der Waals surface area contributed by atoms with E-state index in [-0.39, 0.29) is 5.91 Å². The van der Waals surface area contributed by atoms with Crippen LogP contribution < -0.4 is 5.73 Å². The van der Waals surface area contributed by atoms with Gasteiger partial charge >= 0.3 is 0 Å². The van der Waals surface area contributed by atoms with E-state index in [0.717, 1.165) is 26.1 Å². The zero-order valence-electron chi connectivity index (χ0n) is 12.5. The van der Waals surface area contributed by atoms with Gasteiger partial charge in [-0.05, 0) is 40.9 Å². The fourth-order valence-electron chi connectivity index (χ4n) is 1.22. The van der Waals surface area contributed by atoms with Crippen molar-refractivity contribution in [3.05, 3.63) is 0 Å². The van der Waals surface area contributed by atoms with E-state index in [4.69, 9.17) is 5.73 Å². The van der Waals surface area contributed by atoms with Gasteiger partial charge in [0.05, 0.1) is 0 Å². The molecule has 0 aliphatic rings. The molecule has 0 bridgehead atoms. The molecule has 0 unspecified atom stereocenters. The molecule has 0 heterocycles. The van der Waals surface area contributed by atoms with Crippen molar-refractivity contribution in [1.29, 1.82) is 0 Å². The smallest absolute Gasteiger partial charge is 0.217 e. The standard InChI is InChI=1S/C11H25N3O.C2H6/c1-10(2)14(4)9-8-13(3)7-5-6-11(12)15;1-2/h10H,5-9H2,1-4H3,(H2,12,15);1-2H3. The Kier molecular flexibility index (Phi) is 13.1. The number of carbonyl (C=O) groups excluding carboxylic acids is 1. The Balaban J connectivity index is 0. The average molecular weight is 245 g/mol. The molecular weight excluding hydrogens is 214 g/mol. The van der Waals surface area contributed by atoms with Crippen molar-refractivity contribution in [2.75, 3.05) is 33.7 Å². The van der Waals surface area contributed by atoms with Gasteiger partial charge in [0.25, 0.3) is 0 Å². The number of hydrogen-bond donors (Lipinski definition) is 1. The second-order valence-electron chi connectivity index (χ2n) is 4.45. The lowest BCUT2D eigenvalue weighted by Gasteiger charge is -2.24. The summed E-state index contributed by atoms with van der Waals surface area (Å²) in [5, 5.41) is 0. The summed E-state index contributed by atoms with van der Waals surface area (Å²) in [6.45, 7) is 11.4. The molecule has 0 aliphatic heterocycles. The molecule has 0 spiro atoms. The molecule has 0 saturated heterocycles. The van der Waals surface area contributed by atoms with Crippen LogP contribution in [-0.4, -0.2) is 55.5 Å². The molecule has 4 heteroatoms. The van der Waals surface area contributed by atoms with Crippen molar-refractivity contribution < 1.29 is 4.79 Å². The van der Waals surface area contributed by atoms with Crippen LogP contribution in [0, 0.1) is 0 Å². The largest absolute Gasteiger partial charge is 0.370 e. The first-order valence-corrected chi connectivity index (χ1v) is 6.60. The lowest BCUT2D eigenvalue weighted by atomic mass is 10.3. The number of primary amides is 1. The van der Waals surface area contributed by atoms with Crippen LogP contribution >= 0.6 is 0 Å². The quantitative estimate of drug-likeness (QED) is 0.706. The Morgan fingerprint density at radius 1 is 1.12 bits per heavy atom.